The highest BCUT2D eigenvalue weighted by atomic mass is 35.5. The van der Waals surface area contributed by atoms with Crippen molar-refractivity contribution in [2.24, 2.45) is 0 Å². The van der Waals surface area contributed by atoms with E-state index in [9.17, 15) is 23.1 Å². The largest absolute Gasteiger partial charge is 0.480 e. The number of piperazine rings is 1. The Labute approximate surface area is 208 Å². The number of carbonyl (C=O) groups is 2. The Hall–Kier alpha value is -3.32. The summed E-state index contributed by atoms with van der Waals surface area (Å²) in [5, 5.41) is 11.6. The van der Waals surface area contributed by atoms with E-state index in [0.717, 1.165) is 15.6 Å². The minimum atomic E-state index is -4.10. The lowest BCUT2D eigenvalue weighted by Crippen LogP contribution is -2.59. The number of rotatable bonds is 5. The normalized spacial score (nSPS) is 17.3. The van der Waals surface area contributed by atoms with Crippen molar-refractivity contribution < 1.29 is 23.1 Å². The molecule has 0 radical (unpaired) electrons. The van der Waals surface area contributed by atoms with Gasteiger partial charge in [0.2, 0.25) is 5.91 Å². The van der Waals surface area contributed by atoms with Crippen molar-refractivity contribution in [2.45, 2.75) is 16.8 Å². The summed E-state index contributed by atoms with van der Waals surface area (Å²) in [5.74, 6) is -1.60. The molecule has 1 atom stereocenters. The van der Waals surface area contributed by atoms with Crippen LogP contribution in [0.4, 0.5) is 5.82 Å². The summed E-state index contributed by atoms with van der Waals surface area (Å²) in [6.45, 7) is -0.865. The summed E-state index contributed by atoms with van der Waals surface area (Å²) < 4.78 is 28.2. The molecular formula is C22H18ClN5O5S2. The van der Waals surface area contributed by atoms with Gasteiger partial charge in [-0.25, -0.2) is 23.2 Å². The van der Waals surface area contributed by atoms with E-state index in [1.807, 2.05) is 0 Å². The van der Waals surface area contributed by atoms with Crippen molar-refractivity contribution in [3.05, 3.63) is 59.4 Å². The Morgan fingerprint density at radius 1 is 1.20 bits per heavy atom. The molecule has 1 unspecified atom stereocenters. The van der Waals surface area contributed by atoms with E-state index in [-0.39, 0.29) is 17.3 Å². The molecule has 5 rings (SSSR count). The van der Waals surface area contributed by atoms with Crippen LogP contribution in [0.5, 0.6) is 0 Å². The molecule has 1 aliphatic rings. The number of anilines is 1. The van der Waals surface area contributed by atoms with Gasteiger partial charge in [-0.2, -0.15) is 4.31 Å². The number of nitrogens with two attached hydrogens (primary N) is 1. The Balaban J connectivity index is 1.43. The van der Waals surface area contributed by atoms with Gasteiger partial charge in [-0.3, -0.25) is 4.79 Å². The fraction of sp³-hybridized carbons (Fsp3) is 0.182. The Morgan fingerprint density at radius 3 is 2.77 bits per heavy atom. The molecule has 35 heavy (non-hydrogen) atoms. The minimum absolute atomic E-state index is 0.0203. The molecule has 3 heterocycles. The predicted molar refractivity (Wildman–Crippen MR) is 132 cm³/mol. The van der Waals surface area contributed by atoms with Gasteiger partial charge in [-0.1, -0.05) is 23.7 Å². The SMILES string of the molecule is Nc1ncnc2cc(CN3C(=O)CN(S(=O)(=O)c4cc5ccc(Cl)cc5s4)CC3C(=O)O)ccc12. The molecule has 180 valence electrons. The third-order valence-electron chi connectivity index (χ3n) is 5.81. The lowest BCUT2D eigenvalue weighted by Gasteiger charge is -2.38. The maximum atomic E-state index is 13.3. The first-order valence-corrected chi connectivity index (χ1v) is 13.0. The number of carboxylic acid groups (broad SMARTS) is 1. The molecule has 2 aromatic carbocycles. The average Bonchev–Trinajstić information content (AvgIpc) is 3.24. The Bertz CT molecular complexity index is 1610. The molecule has 2 aromatic heterocycles. The zero-order valence-electron chi connectivity index (χ0n) is 18.0. The number of thiophene rings is 1. The molecular weight excluding hydrogens is 514 g/mol. The van der Waals surface area contributed by atoms with Gasteiger partial charge < -0.3 is 15.7 Å². The summed E-state index contributed by atoms with van der Waals surface area (Å²) in [4.78, 5) is 34.4. The van der Waals surface area contributed by atoms with Crippen LogP contribution < -0.4 is 5.73 Å². The maximum Gasteiger partial charge on any atom is 0.327 e. The standard InChI is InChI=1S/C22H18ClN5O5S2/c23-14-3-2-13-6-20(34-18(13)7-14)35(32,33)27-9-17(22(30)31)28(19(29)10-27)8-12-1-4-15-16(5-12)25-11-26-21(15)24/h1-7,11,17H,8-10H2,(H,30,31)(H2,24,25,26). The number of carbonyl (C=O) groups excluding carboxylic acids is 1. The lowest BCUT2D eigenvalue weighted by molar-refractivity contribution is -0.154. The number of benzene rings is 2. The lowest BCUT2D eigenvalue weighted by atomic mass is 10.1. The van der Waals surface area contributed by atoms with Crippen molar-refractivity contribution in [3.8, 4) is 0 Å². The first kappa shape index (κ1) is 23.4. The topological polar surface area (TPSA) is 147 Å². The van der Waals surface area contributed by atoms with Crippen LogP contribution in [0.25, 0.3) is 21.0 Å². The highest BCUT2D eigenvalue weighted by molar-refractivity contribution is 7.91. The van der Waals surface area contributed by atoms with Gasteiger partial charge in [-0.05, 0) is 41.3 Å². The van der Waals surface area contributed by atoms with Crippen LogP contribution in [0.1, 0.15) is 5.56 Å². The molecule has 13 heteroatoms. The van der Waals surface area contributed by atoms with Crippen molar-refractivity contribution in [1.29, 1.82) is 0 Å². The van der Waals surface area contributed by atoms with E-state index in [1.54, 1.807) is 36.4 Å². The molecule has 0 spiro atoms. The molecule has 1 saturated heterocycles. The first-order valence-electron chi connectivity index (χ1n) is 10.3. The van der Waals surface area contributed by atoms with Crippen LogP contribution >= 0.6 is 22.9 Å². The molecule has 10 nitrogen and oxygen atoms in total. The zero-order valence-corrected chi connectivity index (χ0v) is 20.3. The quantitative estimate of drug-likeness (QED) is 0.399. The van der Waals surface area contributed by atoms with E-state index in [0.29, 0.717) is 37.4 Å². The van der Waals surface area contributed by atoms with Gasteiger partial charge in [0.1, 0.15) is 22.4 Å². The summed E-state index contributed by atoms with van der Waals surface area (Å²) in [7, 11) is -4.10. The summed E-state index contributed by atoms with van der Waals surface area (Å²) >= 11 is 7.02. The van der Waals surface area contributed by atoms with Crippen LogP contribution in [0.3, 0.4) is 0 Å². The monoisotopic (exact) mass is 531 g/mol. The third-order valence-corrected chi connectivity index (χ3v) is 9.40. The van der Waals surface area contributed by atoms with Crippen LogP contribution in [-0.2, 0) is 26.2 Å². The summed E-state index contributed by atoms with van der Waals surface area (Å²) in [5.41, 5.74) is 7.04. The second-order valence-electron chi connectivity index (χ2n) is 8.03. The number of amides is 1. The van der Waals surface area contributed by atoms with Crippen LogP contribution in [0, 0.1) is 0 Å². The van der Waals surface area contributed by atoms with Crippen LogP contribution in [-0.4, -0.2) is 63.7 Å². The smallest absolute Gasteiger partial charge is 0.327 e. The number of hydrogen-bond acceptors (Lipinski definition) is 8. The maximum absolute atomic E-state index is 13.3. The van der Waals surface area contributed by atoms with Gasteiger partial charge in [0, 0.05) is 28.2 Å². The van der Waals surface area contributed by atoms with Gasteiger partial charge in [0.05, 0.1) is 12.1 Å². The van der Waals surface area contributed by atoms with Gasteiger partial charge in [0.25, 0.3) is 10.0 Å². The second kappa shape index (κ2) is 8.72. The number of nitrogens with zero attached hydrogens (tertiary/aromatic N) is 4. The number of aromatic nitrogens is 2. The molecule has 1 aliphatic heterocycles. The van der Waals surface area contributed by atoms with E-state index in [1.165, 1.54) is 17.3 Å². The van der Waals surface area contributed by atoms with E-state index >= 15 is 0 Å². The number of aliphatic carboxylic acids is 1. The Kier molecular flexibility index (Phi) is 5.83. The molecule has 0 bridgehead atoms. The second-order valence-corrected chi connectivity index (χ2v) is 11.7. The zero-order chi connectivity index (χ0) is 24.9. The van der Waals surface area contributed by atoms with Gasteiger partial charge in [0.15, 0.2) is 0 Å². The molecule has 0 aliphatic carbocycles. The number of sulfonamides is 1. The highest BCUT2D eigenvalue weighted by Gasteiger charge is 2.42. The third kappa shape index (κ3) is 4.29. The average molecular weight is 532 g/mol. The van der Waals surface area contributed by atoms with Crippen molar-refractivity contribution >= 4 is 71.6 Å². The van der Waals surface area contributed by atoms with E-state index < -0.39 is 34.5 Å². The van der Waals surface area contributed by atoms with Gasteiger partial charge >= 0.3 is 5.97 Å². The number of fused-ring (bicyclic) bond motifs is 2. The van der Waals surface area contributed by atoms with Crippen LogP contribution in [0.15, 0.2) is 53.0 Å². The van der Waals surface area contributed by atoms with Crippen molar-refractivity contribution in [1.82, 2.24) is 19.2 Å². The Morgan fingerprint density at radius 2 is 2.00 bits per heavy atom. The molecule has 1 fully saturated rings. The molecule has 1 amide bonds. The minimum Gasteiger partial charge on any atom is -0.480 e. The van der Waals surface area contributed by atoms with E-state index in [2.05, 4.69) is 9.97 Å². The molecule has 0 saturated carbocycles. The molecule has 4 aromatic rings. The molecule has 3 N–H and O–H groups in total. The number of hydrogen-bond donors (Lipinski definition) is 2. The van der Waals surface area contributed by atoms with Gasteiger partial charge in [-0.15, -0.1) is 11.3 Å². The number of halogens is 1. The highest BCUT2D eigenvalue weighted by Crippen LogP contribution is 2.33. The predicted octanol–water partition coefficient (Wildman–Crippen LogP) is 2.57. The first-order chi connectivity index (χ1) is 16.6. The fourth-order valence-electron chi connectivity index (χ4n) is 4.02. The number of carboxylic acids is 1. The van der Waals surface area contributed by atoms with E-state index in [4.69, 9.17) is 17.3 Å². The summed E-state index contributed by atoms with van der Waals surface area (Å²) in [6.07, 6.45) is 1.32. The van der Waals surface area contributed by atoms with Crippen molar-refractivity contribution in [2.75, 3.05) is 18.8 Å². The summed E-state index contributed by atoms with van der Waals surface area (Å²) in [6, 6.07) is 10.3. The number of nitrogen functional groups attached to an aromatic ring is 1. The van der Waals surface area contributed by atoms with Crippen molar-refractivity contribution in [3.63, 3.8) is 0 Å². The fourth-order valence-corrected chi connectivity index (χ4v) is 7.24. The van der Waals surface area contributed by atoms with Crippen LogP contribution in [0.2, 0.25) is 5.02 Å².